The van der Waals surface area contributed by atoms with Gasteiger partial charge in [-0.2, -0.15) is 0 Å². The summed E-state index contributed by atoms with van der Waals surface area (Å²) >= 11 is 0.526. The molecule has 0 radical (unpaired) electrons. The van der Waals surface area contributed by atoms with Crippen molar-refractivity contribution in [2.24, 2.45) is 11.8 Å². The van der Waals surface area contributed by atoms with E-state index in [1.165, 1.54) is 34.6 Å². The summed E-state index contributed by atoms with van der Waals surface area (Å²) in [5.74, 6) is 1.34. The van der Waals surface area contributed by atoms with E-state index in [2.05, 4.69) is 110 Å². The summed E-state index contributed by atoms with van der Waals surface area (Å²) in [5, 5.41) is 1.51. The zero-order chi connectivity index (χ0) is 24.9. The standard InChI is InChI=1S/C29H51NOSeSi/c1-23(2)18-19-30(20-21-32-25-14-12-11-13-15-25)29(7,8)26-17-16-24(3)22-27(26)31-33(9,10)28(4,5)6/h11-15,18,24,26-27H,16-17,19-22H2,1-10H3. The van der Waals surface area contributed by atoms with Crippen LogP contribution in [0.5, 0.6) is 0 Å². The molecule has 0 spiro atoms. The van der Waals surface area contributed by atoms with Gasteiger partial charge in [0.2, 0.25) is 0 Å². The van der Waals surface area contributed by atoms with Gasteiger partial charge in [0.25, 0.3) is 0 Å². The van der Waals surface area contributed by atoms with Crippen molar-refractivity contribution in [3.63, 3.8) is 0 Å². The number of rotatable bonds is 10. The third-order valence-electron chi connectivity index (χ3n) is 8.12. The molecule has 0 saturated heterocycles. The second-order valence-electron chi connectivity index (χ2n) is 12.5. The van der Waals surface area contributed by atoms with Crippen LogP contribution in [0, 0.1) is 11.8 Å². The molecule has 1 aliphatic carbocycles. The average molecular weight is 537 g/mol. The van der Waals surface area contributed by atoms with Crippen molar-refractivity contribution >= 4 is 27.7 Å². The summed E-state index contributed by atoms with van der Waals surface area (Å²) in [7, 11) is -1.81. The molecule has 1 aromatic carbocycles. The summed E-state index contributed by atoms with van der Waals surface area (Å²) < 4.78 is 8.67. The predicted octanol–water partition coefficient (Wildman–Crippen LogP) is 7.31. The quantitative estimate of drug-likeness (QED) is 0.230. The molecule has 1 aliphatic rings. The SMILES string of the molecule is CC(C)=CCN(CC[Se]c1ccccc1)C(C)(C)C1CCC(C)CC1O[Si](C)(C)C(C)(C)C. The molecule has 1 saturated carbocycles. The van der Waals surface area contributed by atoms with Crippen LogP contribution in [0.3, 0.4) is 0 Å². The van der Waals surface area contributed by atoms with Gasteiger partial charge in [-0.3, -0.25) is 0 Å². The van der Waals surface area contributed by atoms with Gasteiger partial charge >= 0.3 is 214 Å². The van der Waals surface area contributed by atoms with Gasteiger partial charge in [-0.15, -0.1) is 0 Å². The van der Waals surface area contributed by atoms with Crippen LogP contribution in [0.4, 0.5) is 0 Å². The van der Waals surface area contributed by atoms with E-state index in [1.54, 1.807) is 0 Å². The molecule has 1 fully saturated rings. The summed E-state index contributed by atoms with van der Waals surface area (Å²) in [6.45, 7) is 26.1. The van der Waals surface area contributed by atoms with Crippen LogP contribution in [0.1, 0.15) is 74.7 Å². The van der Waals surface area contributed by atoms with Gasteiger partial charge in [0.15, 0.2) is 0 Å². The van der Waals surface area contributed by atoms with Crippen molar-refractivity contribution in [2.75, 3.05) is 13.1 Å². The number of hydrogen-bond acceptors (Lipinski definition) is 2. The first kappa shape index (κ1) is 28.9. The average Bonchev–Trinajstić information content (AvgIpc) is 2.69. The van der Waals surface area contributed by atoms with Crippen molar-refractivity contribution in [1.82, 2.24) is 4.90 Å². The van der Waals surface area contributed by atoms with E-state index in [9.17, 15) is 0 Å². The van der Waals surface area contributed by atoms with Crippen LogP contribution in [0.2, 0.25) is 23.5 Å². The van der Waals surface area contributed by atoms with Gasteiger partial charge in [-0.05, 0) is 0 Å². The molecule has 0 aliphatic heterocycles. The van der Waals surface area contributed by atoms with Gasteiger partial charge in [0, 0.05) is 0 Å². The fourth-order valence-corrected chi connectivity index (χ4v) is 8.01. The van der Waals surface area contributed by atoms with Gasteiger partial charge in [-0.1, -0.05) is 0 Å². The van der Waals surface area contributed by atoms with E-state index in [4.69, 9.17) is 4.43 Å². The third kappa shape index (κ3) is 8.35. The Morgan fingerprint density at radius 3 is 2.30 bits per heavy atom. The fraction of sp³-hybridized carbons (Fsp3) is 0.724. The van der Waals surface area contributed by atoms with Crippen molar-refractivity contribution < 1.29 is 4.43 Å². The minimum atomic E-state index is -1.81. The summed E-state index contributed by atoms with van der Waals surface area (Å²) in [6, 6.07) is 11.0. The molecule has 2 nitrogen and oxygen atoms in total. The van der Waals surface area contributed by atoms with Gasteiger partial charge in [0.1, 0.15) is 0 Å². The topological polar surface area (TPSA) is 12.5 Å². The first-order chi connectivity index (χ1) is 15.2. The number of benzene rings is 1. The molecule has 2 rings (SSSR count). The second kappa shape index (κ2) is 12.0. The van der Waals surface area contributed by atoms with E-state index < -0.39 is 8.32 Å². The van der Waals surface area contributed by atoms with E-state index in [-0.39, 0.29) is 10.6 Å². The third-order valence-corrected chi connectivity index (χ3v) is 14.7. The van der Waals surface area contributed by atoms with E-state index in [1.807, 2.05) is 0 Å². The number of allylic oxidation sites excluding steroid dienone is 1. The predicted molar refractivity (Wildman–Crippen MR) is 150 cm³/mol. The summed E-state index contributed by atoms with van der Waals surface area (Å²) in [5.41, 5.74) is 1.53. The molecule has 0 N–H and O–H groups in total. The molecule has 188 valence electrons. The van der Waals surface area contributed by atoms with Crippen LogP contribution in [0.15, 0.2) is 42.0 Å². The van der Waals surface area contributed by atoms with Crippen molar-refractivity contribution in [3.05, 3.63) is 42.0 Å². The van der Waals surface area contributed by atoms with Gasteiger partial charge < -0.3 is 0 Å². The Morgan fingerprint density at radius 2 is 1.73 bits per heavy atom. The van der Waals surface area contributed by atoms with E-state index in [0.29, 0.717) is 27.0 Å². The van der Waals surface area contributed by atoms with Crippen molar-refractivity contribution in [3.8, 4) is 0 Å². The molecule has 1 aromatic rings. The zero-order valence-corrected chi connectivity index (χ0v) is 25.9. The van der Waals surface area contributed by atoms with Crippen LogP contribution < -0.4 is 4.46 Å². The summed E-state index contributed by atoms with van der Waals surface area (Å²) in [6.07, 6.45) is 6.62. The molecular formula is C29H51NOSeSi. The number of nitrogens with zero attached hydrogens (tertiary/aromatic N) is 1. The fourth-order valence-electron chi connectivity index (χ4n) is 4.75. The Hall–Kier alpha value is -0.384. The van der Waals surface area contributed by atoms with E-state index in [0.717, 1.165) is 19.0 Å². The second-order valence-corrected chi connectivity index (χ2v) is 19.7. The van der Waals surface area contributed by atoms with Crippen LogP contribution >= 0.6 is 0 Å². The minimum absolute atomic E-state index is 0.117. The van der Waals surface area contributed by atoms with Gasteiger partial charge in [0.05, 0.1) is 0 Å². The Kier molecular flexibility index (Phi) is 10.5. The molecule has 0 amide bonds. The molecule has 0 bridgehead atoms. The van der Waals surface area contributed by atoms with Crippen molar-refractivity contribution in [2.45, 2.75) is 110 Å². The van der Waals surface area contributed by atoms with E-state index >= 15 is 0 Å². The molecule has 3 unspecified atom stereocenters. The Labute approximate surface area is 213 Å². The first-order valence-corrected chi connectivity index (χ1v) is 18.0. The summed E-state index contributed by atoms with van der Waals surface area (Å²) in [4.78, 5) is 2.77. The Bertz CT molecular complexity index is 749. The molecule has 33 heavy (non-hydrogen) atoms. The van der Waals surface area contributed by atoms with Crippen LogP contribution in [-0.4, -0.2) is 52.9 Å². The maximum absolute atomic E-state index is 7.16. The molecule has 3 atom stereocenters. The Balaban J connectivity index is 2.23. The van der Waals surface area contributed by atoms with Gasteiger partial charge in [-0.25, -0.2) is 0 Å². The Morgan fingerprint density at radius 1 is 1.09 bits per heavy atom. The molecule has 4 heteroatoms. The van der Waals surface area contributed by atoms with Crippen molar-refractivity contribution in [1.29, 1.82) is 0 Å². The monoisotopic (exact) mass is 537 g/mol. The normalized spacial score (nSPS) is 22.5. The molecule has 0 aromatic heterocycles. The maximum atomic E-state index is 7.16. The first-order valence-electron chi connectivity index (χ1n) is 13.0. The van der Waals surface area contributed by atoms with Crippen LogP contribution in [-0.2, 0) is 4.43 Å². The van der Waals surface area contributed by atoms with Crippen LogP contribution in [0.25, 0.3) is 0 Å². The number of hydrogen-bond donors (Lipinski definition) is 0. The zero-order valence-electron chi connectivity index (χ0n) is 23.2. The molecule has 0 heterocycles. The molecular weight excluding hydrogens is 485 g/mol.